The van der Waals surface area contributed by atoms with Crippen LogP contribution >= 0.6 is 0 Å². The van der Waals surface area contributed by atoms with E-state index in [1.807, 2.05) is 60.7 Å². The van der Waals surface area contributed by atoms with Gasteiger partial charge in [-0.2, -0.15) is 4.98 Å². The van der Waals surface area contributed by atoms with Crippen molar-refractivity contribution < 1.29 is 4.42 Å². The van der Waals surface area contributed by atoms with Crippen molar-refractivity contribution >= 4 is 12.2 Å². The summed E-state index contributed by atoms with van der Waals surface area (Å²) in [6.07, 6.45) is 3.35. The minimum atomic E-state index is 0.364. The molecule has 1 aromatic heterocycles. The zero-order valence-corrected chi connectivity index (χ0v) is 10.2. The number of hydrogen-bond acceptors (Lipinski definition) is 3. The smallest absolute Gasteiger partial charge is 0.322 e. The van der Waals surface area contributed by atoms with E-state index in [1.54, 1.807) is 12.5 Å². The first-order valence-electron chi connectivity index (χ1n) is 6.02. The highest BCUT2D eigenvalue weighted by Gasteiger charge is 2.03. The highest BCUT2D eigenvalue weighted by molar-refractivity contribution is 5.81. The summed E-state index contributed by atoms with van der Waals surface area (Å²) in [5, 5.41) is 0. The molecule has 0 aliphatic heterocycles. The van der Waals surface area contributed by atoms with Crippen molar-refractivity contribution in [2.45, 2.75) is 0 Å². The fraction of sp³-hybridized carbons (Fsp3) is 0. The normalized spacial score (nSPS) is 10.9. The van der Waals surface area contributed by atoms with Gasteiger partial charge in [-0.25, -0.2) is 4.99 Å². The van der Waals surface area contributed by atoms with Crippen molar-refractivity contribution in [3.05, 3.63) is 72.5 Å². The molecule has 19 heavy (non-hydrogen) atoms. The van der Waals surface area contributed by atoms with E-state index in [4.69, 9.17) is 4.42 Å². The summed E-state index contributed by atoms with van der Waals surface area (Å²) in [5.41, 5.74) is 2.83. The molecule has 92 valence electrons. The third kappa shape index (κ3) is 2.77. The van der Waals surface area contributed by atoms with Gasteiger partial charge in [-0.1, -0.05) is 60.7 Å². The molecule has 0 saturated carbocycles. The molecular weight excluding hydrogens is 236 g/mol. The molecule has 0 atom stereocenters. The Morgan fingerprint density at radius 1 is 0.895 bits per heavy atom. The fourth-order valence-electron chi connectivity index (χ4n) is 1.73. The van der Waals surface area contributed by atoms with Crippen LogP contribution in [-0.4, -0.2) is 11.2 Å². The van der Waals surface area contributed by atoms with Crippen LogP contribution in [0.5, 0.6) is 0 Å². The van der Waals surface area contributed by atoms with Crippen LogP contribution in [0.3, 0.4) is 0 Å². The Labute approximate surface area is 111 Å². The topological polar surface area (TPSA) is 38.4 Å². The zero-order chi connectivity index (χ0) is 12.9. The van der Waals surface area contributed by atoms with Crippen molar-refractivity contribution in [1.82, 2.24) is 4.98 Å². The Balaban J connectivity index is 1.81. The van der Waals surface area contributed by atoms with Crippen molar-refractivity contribution in [2.75, 3.05) is 0 Å². The van der Waals surface area contributed by atoms with Gasteiger partial charge in [0.1, 0.15) is 12.0 Å². The number of rotatable bonds is 3. The number of benzene rings is 2. The van der Waals surface area contributed by atoms with Gasteiger partial charge in [-0.3, -0.25) is 0 Å². The Morgan fingerprint density at radius 2 is 1.58 bits per heavy atom. The van der Waals surface area contributed by atoms with Crippen LogP contribution in [0.2, 0.25) is 0 Å². The molecular formula is C16H12N2O. The summed E-state index contributed by atoms with van der Waals surface area (Å²) in [5.74, 6) is 0. The van der Waals surface area contributed by atoms with E-state index < -0.39 is 0 Å². The summed E-state index contributed by atoms with van der Waals surface area (Å²) < 4.78 is 5.33. The summed E-state index contributed by atoms with van der Waals surface area (Å²) in [6.45, 7) is 0. The van der Waals surface area contributed by atoms with Crippen molar-refractivity contribution in [1.29, 1.82) is 0 Å². The lowest BCUT2D eigenvalue weighted by Gasteiger charge is -1.91. The molecule has 0 bridgehead atoms. The van der Waals surface area contributed by atoms with Crippen LogP contribution in [0.1, 0.15) is 5.56 Å². The van der Waals surface area contributed by atoms with Gasteiger partial charge in [0.25, 0.3) is 0 Å². The summed E-state index contributed by atoms with van der Waals surface area (Å²) in [6, 6.07) is 20.1. The molecule has 0 spiro atoms. The quantitative estimate of drug-likeness (QED) is 0.655. The minimum Gasteiger partial charge on any atom is -0.430 e. The first-order valence-corrected chi connectivity index (χ1v) is 6.02. The second-order valence-electron chi connectivity index (χ2n) is 4.05. The molecule has 0 unspecified atom stereocenters. The van der Waals surface area contributed by atoms with Gasteiger partial charge in [-0.05, 0) is 5.56 Å². The maximum absolute atomic E-state index is 5.33. The van der Waals surface area contributed by atoms with Crippen LogP contribution in [0.4, 0.5) is 6.01 Å². The SMILES string of the molecule is C(=N\c1nc(-c2ccccc2)co1)/c1ccccc1. The maximum atomic E-state index is 5.33. The van der Waals surface area contributed by atoms with Gasteiger partial charge in [0.15, 0.2) is 0 Å². The largest absolute Gasteiger partial charge is 0.430 e. The van der Waals surface area contributed by atoms with Crippen molar-refractivity contribution in [3.8, 4) is 11.3 Å². The predicted molar refractivity (Wildman–Crippen MR) is 75.6 cm³/mol. The molecule has 0 fully saturated rings. The third-order valence-corrected chi connectivity index (χ3v) is 2.69. The van der Waals surface area contributed by atoms with E-state index in [9.17, 15) is 0 Å². The molecule has 0 radical (unpaired) electrons. The number of aliphatic imine (C=N–C) groups is 1. The van der Waals surface area contributed by atoms with Crippen LogP contribution < -0.4 is 0 Å². The first kappa shape index (κ1) is 11.4. The molecule has 1 heterocycles. The lowest BCUT2D eigenvalue weighted by atomic mass is 10.2. The average Bonchev–Trinajstić information content (AvgIpc) is 2.96. The lowest BCUT2D eigenvalue weighted by molar-refractivity contribution is 0.570. The standard InChI is InChI=1S/C16H12N2O/c1-3-7-13(8-4-1)11-17-16-18-15(12-19-16)14-9-5-2-6-10-14/h1-12H/b17-11+. The summed E-state index contributed by atoms with van der Waals surface area (Å²) in [4.78, 5) is 8.55. The van der Waals surface area contributed by atoms with Gasteiger partial charge >= 0.3 is 6.01 Å². The number of nitrogens with zero attached hydrogens (tertiary/aromatic N) is 2. The molecule has 0 saturated heterocycles. The van der Waals surface area contributed by atoms with Crippen LogP contribution in [0, 0.1) is 0 Å². The molecule has 0 aliphatic rings. The monoisotopic (exact) mass is 248 g/mol. The molecule has 3 heteroatoms. The highest BCUT2D eigenvalue weighted by atomic mass is 16.4. The summed E-state index contributed by atoms with van der Waals surface area (Å²) in [7, 11) is 0. The van der Waals surface area contributed by atoms with Gasteiger partial charge in [-0.15, -0.1) is 0 Å². The van der Waals surface area contributed by atoms with E-state index in [0.717, 1.165) is 16.8 Å². The van der Waals surface area contributed by atoms with Crippen molar-refractivity contribution in [3.63, 3.8) is 0 Å². The molecule has 2 aromatic carbocycles. The van der Waals surface area contributed by atoms with E-state index >= 15 is 0 Å². The van der Waals surface area contributed by atoms with Crippen LogP contribution in [0.15, 0.2) is 76.3 Å². The molecule has 3 rings (SSSR count). The van der Waals surface area contributed by atoms with Gasteiger partial charge in [0, 0.05) is 11.8 Å². The maximum Gasteiger partial charge on any atom is 0.322 e. The third-order valence-electron chi connectivity index (χ3n) is 2.69. The number of oxazole rings is 1. The van der Waals surface area contributed by atoms with Gasteiger partial charge < -0.3 is 4.42 Å². The number of aromatic nitrogens is 1. The minimum absolute atomic E-state index is 0.364. The van der Waals surface area contributed by atoms with E-state index in [-0.39, 0.29) is 0 Å². The molecule has 0 N–H and O–H groups in total. The average molecular weight is 248 g/mol. The van der Waals surface area contributed by atoms with E-state index in [1.165, 1.54) is 0 Å². The second-order valence-corrected chi connectivity index (χ2v) is 4.05. The highest BCUT2D eigenvalue weighted by Crippen LogP contribution is 2.21. The number of hydrogen-bond donors (Lipinski definition) is 0. The van der Waals surface area contributed by atoms with Crippen molar-refractivity contribution in [2.24, 2.45) is 4.99 Å². The molecule has 3 aromatic rings. The zero-order valence-electron chi connectivity index (χ0n) is 10.2. The Kier molecular flexibility index (Phi) is 3.19. The molecule has 0 aliphatic carbocycles. The predicted octanol–water partition coefficient (Wildman–Crippen LogP) is 4.09. The Morgan fingerprint density at radius 3 is 2.32 bits per heavy atom. The van der Waals surface area contributed by atoms with Gasteiger partial charge in [0.05, 0.1) is 0 Å². The van der Waals surface area contributed by atoms with Gasteiger partial charge in [0.2, 0.25) is 0 Å². The molecule has 3 nitrogen and oxygen atoms in total. The second kappa shape index (κ2) is 5.31. The van der Waals surface area contributed by atoms with Crippen LogP contribution in [0.25, 0.3) is 11.3 Å². The first-order chi connectivity index (χ1) is 9.42. The van der Waals surface area contributed by atoms with E-state index in [2.05, 4.69) is 9.98 Å². The summed E-state index contributed by atoms with van der Waals surface area (Å²) >= 11 is 0. The fourth-order valence-corrected chi connectivity index (χ4v) is 1.73. The Hall–Kier alpha value is -2.68. The molecule has 0 amide bonds. The van der Waals surface area contributed by atoms with E-state index in [0.29, 0.717) is 6.01 Å². The van der Waals surface area contributed by atoms with Crippen LogP contribution in [-0.2, 0) is 0 Å². The Bertz CT molecular complexity index is 672. The lowest BCUT2D eigenvalue weighted by Crippen LogP contribution is -1.78.